The minimum absolute atomic E-state index is 0.0561. The molecular formula is C14H21N5O2. The summed E-state index contributed by atoms with van der Waals surface area (Å²) in [4.78, 5) is 4.24. The quantitative estimate of drug-likeness (QED) is 0.868. The first kappa shape index (κ1) is 14.2. The molecule has 7 nitrogen and oxygen atoms in total. The Hall–Kier alpha value is -1.73. The number of hydrogen-bond donors (Lipinski definition) is 1. The molecule has 1 fully saturated rings. The van der Waals surface area contributed by atoms with Crippen LogP contribution in [0.1, 0.15) is 37.6 Å². The molecule has 1 saturated heterocycles. The van der Waals surface area contributed by atoms with Crippen LogP contribution in [0, 0.1) is 6.92 Å². The van der Waals surface area contributed by atoms with Crippen molar-refractivity contribution in [3.63, 3.8) is 0 Å². The molecule has 2 aromatic rings. The minimum Gasteiger partial charge on any atom is -0.364 e. The summed E-state index contributed by atoms with van der Waals surface area (Å²) in [6, 6.07) is 2.28. The van der Waals surface area contributed by atoms with Gasteiger partial charge in [0.05, 0.1) is 12.6 Å². The first-order chi connectivity index (χ1) is 10.2. The molecule has 0 unspecified atom stereocenters. The van der Waals surface area contributed by atoms with Crippen LogP contribution in [0.4, 0.5) is 0 Å². The molecular weight excluding hydrogens is 270 g/mol. The van der Waals surface area contributed by atoms with Crippen molar-refractivity contribution in [1.82, 2.24) is 25.2 Å². The fourth-order valence-corrected chi connectivity index (χ4v) is 2.57. The summed E-state index contributed by atoms with van der Waals surface area (Å²) in [5, 5.41) is 11.5. The minimum atomic E-state index is -0.0561. The Balaban J connectivity index is 1.42. The van der Waals surface area contributed by atoms with Crippen LogP contribution >= 0.6 is 0 Å². The lowest BCUT2D eigenvalue weighted by molar-refractivity contribution is 0.0252. The van der Waals surface area contributed by atoms with Crippen LogP contribution in [0.25, 0.3) is 0 Å². The molecule has 1 N–H and O–H groups in total. The van der Waals surface area contributed by atoms with E-state index in [4.69, 9.17) is 9.26 Å². The van der Waals surface area contributed by atoms with Crippen molar-refractivity contribution < 1.29 is 9.26 Å². The van der Waals surface area contributed by atoms with Gasteiger partial charge >= 0.3 is 0 Å². The van der Waals surface area contributed by atoms with Crippen molar-refractivity contribution in [3.8, 4) is 0 Å². The van der Waals surface area contributed by atoms with Crippen molar-refractivity contribution in [3.05, 3.63) is 30.2 Å². The number of aromatic nitrogens is 4. The van der Waals surface area contributed by atoms with E-state index in [0.29, 0.717) is 17.8 Å². The van der Waals surface area contributed by atoms with Gasteiger partial charge in [-0.05, 0) is 32.8 Å². The maximum atomic E-state index is 5.97. The van der Waals surface area contributed by atoms with E-state index in [2.05, 4.69) is 27.5 Å². The molecule has 3 atom stereocenters. The van der Waals surface area contributed by atoms with E-state index in [1.54, 1.807) is 6.20 Å². The van der Waals surface area contributed by atoms with Crippen molar-refractivity contribution >= 4 is 0 Å². The predicted octanol–water partition coefficient (Wildman–Crippen LogP) is 1.47. The lowest BCUT2D eigenvalue weighted by Crippen LogP contribution is -2.36. The third kappa shape index (κ3) is 3.68. The Labute approximate surface area is 123 Å². The topological polar surface area (TPSA) is 78.0 Å². The van der Waals surface area contributed by atoms with E-state index in [9.17, 15) is 0 Å². The fraction of sp³-hybridized carbons (Fsp3) is 0.643. The second-order valence-corrected chi connectivity index (χ2v) is 5.54. The van der Waals surface area contributed by atoms with Crippen LogP contribution < -0.4 is 5.32 Å². The normalized spacial score (nSPS) is 23.5. The third-order valence-corrected chi connectivity index (χ3v) is 3.64. The average Bonchev–Trinajstić information content (AvgIpc) is 3.17. The molecule has 1 aliphatic rings. The molecule has 0 amide bonds. The fourth-order valence-electron chi connectivity index (χ4n) is 2.57. The molecule has 21 heavy (non-hydrogen) atoms. The Morgan fingerprint density at radius 2 is 2.38 bits per heavy atom. The van der Waals surface area contributed by atoms with Gasteiger partial charge in [0.25, 0.3) is 5.89 Å². The standard InChI is InChI=1S/C14H21N5O2/c1-10(9-19-7-3-6-16-19)15-8-12-4-5-13(20-12)14-17-11(2)18-21-14/h3,6-7,10,12-13,15H,4-5,8-9H2,1-2H3/t10-,12+,13-/m0/s1. The first-order valence-electron chi connectivity index (χ1n) is 7.37. The summed E-state index contributed by atoms with van der Waals surface area (Å²) >= 11 is 0. The summed E-state index contributed by atoms with van der Waals surface area (Å²) in [7, 11) is 0. The van der Waals surface area contributed by atoms with E-state index >= 15 is 0 Å². The van der Waals surface area contributed by atoms with Crippen molar-refractivity contribution in [2.75, 3.05) is 6.54 Å². The number of aryl methyl sites for hydroxylation is 1. The second kappa shape index (κ2) is 6.36. The zero-order valence-corrected chi connectivity index (χ0v) is 12.4. The van der Waals surface area contributed by atoms with Crippen LogP contribution in [0.2, 0.25) is 0 Å². The molecule has 3 heterocycles. The highest BCUT2D eigenvalue weighted by atomic mass is 16.5. The van der Waals surface area contributed by atoms with E-state index in [-0.39, 0.29) is 12.2 Å². The Morgan fingerprint density at radius 3 is 3.10 bits per heavy atom. The molecule has 7 heteroatoms. The molecule has 0 radical (unpaired) electrons. The molecule has 114 valence electrons. The molecule has 0 bridgehead atoms. The van der Waals surface area contributed by atoms with Crippen molar-refractivity contribution in [1.29, 1.82) is 0 Å². The molecule has 1 aliphatic heterocycles. The summed E-state index contributed by atoms with van der Waals surface area (Å²) in [5.41, 5.74) is 0. The number of nitrogens with zero attached hydrogens (tertiary/aromatic N) is 4. The summed E-state index contributed by atoms with van der Waals surface area (Å²) in [5.74, 6) is 1.25. The van der Waals surface area contributed by atoms with Gasteiger partial charge in [-0.1, -0.05) is 5.16 Å². The number of rotatable bonds is 6. The van der Waals surface area contributed by atoms with E-state index < -0.39 is 0 Å². The number of ether oxygens (including phenoxy) is 1. The highest BCUT2D eigenvalue weighted by Gasteiger charge is 2.30. The van der Waals surface area contributed by atoms with Gasteiger partial charge in [-0.2, -0.15) is 10.1 Å². The highest BCUT2D eigenvalue weighted by molar-refractivity contribution is 4.92. The number of nitrogens with one attached hydrogen (secondary N) is 1. The first-order valence-corrected chi connectivity index (χ1v) is 7.37. The van der Waals surface area contributed by atoms with Gasteiger partial charge < -0.3 is 14.6 Å². The Bertz CT molecular complexity index is 553. The molecule has 0 saturated carbocycles. The SMILES string of the molecule is Cc1noc([C@@H]2CC[C@H](CN[C@@H](C)Cn3cccn3)O2)n1. The van der Waals surface area contributed by atoms with Gasteiger partial charge in [0.2, 0.25) is 0 Å². The van der Waals surface area contributed by atoms with Gasteiger partial charge in [0, 0.05) is 25.0 Å². The van der Waals surface area contributed by atoms with Crippen molar-refractivity contribution in [2.45, 2.75) is 51.5 Å². The van der Waals surface area contributed by atoms with Crippen molar-refractivity contribution in [2.24, 2.45) is 0 Å². The number of hydrogen-bond acceptors (Lipinski definition) is 6. The van der Waals surface area contributed by atoms with Gasteiger partial charge in [-0.3, -0.25) is 4.68 Å². The maximum Gasteiger partial charge on any atom is 0.255 e. The Kier molecular flexibility index (Phi) is 4.31. The lowest BCUT2D eigenvalue weighted by atomic mass is 10.2. The van der Waals surface area contributed by atoms with Crippen LogP contribution in [0.15, 0.2) is 23.0 Å². The average molecular weight is 291 g/mol. The van der Waals surface area contributed by atoms with E-state index in [1.165, 1.54) is 0 Å². The molecule has 0 aliphatic carbocycles. The lowest BCUT2D eigenvalue weighted by Gasteiger charge is -2.17. The van der Waals surface area contributed by atoms with Gasteiger partial charge in [0.1, 0.15) is 6.10 Å². The van der Waals surface area contributed by atoms with Gasteiger partial charge in [0.15, 0.2) is 5.82 Å². The predicted molar refractivity (Wildman–Crippen MR) is 75.6 cm³/mol. The smallest absolute Gasteiger partial charge is 0.255 e. The van der Waals surface area contributed by atoms with E-state index in [0.717, 1.165) is 25.9 Å². The second-order valence-electron chi connectivity index (χ2n) is 5.54. The van der Waals surface area contributed by atoms with Crippen LogP contribution in [-0.2, 0) is 11.3 Å². The van der Waals surface area contributed by atoms with Crippen LogP contribution in [0.3, 0.4) is 0 Å². The summed E-state index contributed by atoms with van der Waals surface area (Å²) in [6.45, 7) is 5.64. The van der Waals surface area contributed by atoms with Gasteiger partial charge in [-0.15, -0.1) is 0 Å². The van der Waals surface area contributed by atoms with Gasteiger partial charge in [-0.25, -0.2) is 0 Å². The maximum absolute atomic E-state index is 5.97. The largest absolute Gasteiger partial charge is 0.364 e. The molecule has 0 aromatic carbocycles. The van der Waals surface area contributed by atoms with Crippen LogP contribution in [0.5, 0.6) is 0 Å². The monoisotopic (exact) mass is 291 g/mol. The zero-order chi connectivity index (χ0) is 14.7. The summed E-state index contributed by atoms with van der Waals surface area (Å²) in [6.07, 6.45) is 5.85. The molecule has 2 aromatic heterocycles. The van der Waals surface area contributed by atoms with E-state index in [1.807, 2.05) is 23.9 Å². The Morgan fingerprint density at radius 1 is 1.48 bits per heavy atom. The zero-order valence-electron chi connectivity index (χ0n) is 12.4. The van der Waals surface area contributed by atoms with Crippen LogP contribution in [-0.4, -0.2) is 38.6 Å². The molecule has 0 spiro atoms. The highest BCUT2D eigenvalue weighted by Crippen LogP contribution is 2.31. The third-order valence-electron chi connectivity index (χ3n) is 3.64. The molecule has 3 rings (SSSR count). The summed E-state index contributed by atoms with van der Waals surface area (Å²) < 4.78 is 13.1.